The number of aryl methyl sites for hydroxylation is 1. The number of methoxy groups -OCH3 is 1. The van der Waals surface area contributed by atoms with Crippen LogP contribution in [0.4, 0.5) is 15.8 Å². The van der Waals surface area contributed by atoms with Gasteiger partial charge in [0.15, 0.2) is 11.6 Å². The second kappa shape index (κ2) is 5.56. The van der Waals surface area contributed by atoms with Gasteiger partial charge in [-0.15, -0.1) is 0 Å². The molecule has 0 amide bonds. The molecule has 2 N–H and O–H groups in total. The van der Waals surface area contributed by atoms with E-state index >= 15 is 0 Å². The molecule has 0 spiro atoms. The quantitative estimate of drug-likeness (QED) is 0.898. The number of rotatable bonds is 4. The molecule has 0 atom stereocenters. The third-order valence-electron chi connectivity index (χ3n) is 2.70. The van der Waals surface area contributed by atoms with Gasteiger partial charge in [0.1, 0.15) is 5.56 Å². The zero-order valence-electron chi connectivity index (χ0n) is 11.0. The van der Waals surface area contributed by atoms with Crippen LogP contribution in [-0.2, 0) is 0 Å². The maximum atomic E-state index is 13.3. The van der Waals surface area contributed by atoms with E-state index in [1.54, 1.807) is 13.0 Å². The van der Waals surface area contributed by atoms with Crippen molar-refractivity contribution in [2.75, 3.05) is 12.4 Å². The van der Waals surface area contributed by atoms with Crippen molar-refractivity contribution in [1.29, 1.82) is 0 Å². The van der Waals surface area contributed by atoms with E-state index < -0.39 is 11.8 Å². The zero-order valence-corrected chi connectivity index (χ0v) is 11.0. The highest BCUT2D eigenvalue weighted by Gasteiger charge is 2.12. The molecule has 6 heteroatoms. The van der Waals surface area contributed by atoms with E-state index in [4.69, 9.17) is 9.84 Å². The molecule has 0 aliphatic rings. The van der Waals surface area contributed by atoms with Crippen LogP contribution in [0.15, 0.2) is 30.5 Å². The molecule has 0 aliphatic heterocycles. The number of nitrogens with zero attached hydrogens (tertiary/aromatic N) is 1. The third-order valence-corrected chi connectivity index (χ3v) is 2.70. The first-order chi connectivity index (χ1) is 9.51. The normalized spacial score (nSPS) is 10.2. The molecule has 1 aromatic heterocycles. The van der Waals surface area contributed by atoms with E-state index in [1.807, 2.05) is 0 Å². The summed E-state index contributed by atoms with van der Waals surface area (Å²) in [4.78, 5) is 15.1. The second-order valence-corrected chi connectivity index (χ2v) is 4.15. The first kappa shape index (κ1) is 13.8. The Morgan fingerprint density at radius 3 is 2.80 bits per heavy atom. The number of hydrogen-bond donors (Lipinski definition) is 2. The van der Waals surface area contributed by atoms with Crippen molar-refractivity contribution in [3.05, 3.63) is 47.5 Å². The molecule has 20 heavy (non-hydrogen) atoms. The fraction of sp³-hybridized carbons (Fsp3) is 0.143. The number of hydrogen-bond acceptors (Lipinski definition) is 4. The van der Waals surface area contributed by atoms with Gasteiger partial charge >= 0.3 is 5.97 Å². The molecular weight excluding hydrogens is 263 g/mol. The minimum atomic E-state index is -1.09. The van der Waals surface area contributed by atoms with E-state index in [1.165, 1.54) is 31.5 Å². The Kier molecular flexibility index (Phi) is 3.84. The number of aromatic nitrogens is 1. The van der Waals surface area contributed by atoms with Crippen molar-refractivity contribution in [3.8, 4) is 5.75 Å². The van der Waals surface area contributed by atoms with Crippen LogP contribution in [0.2, 0.25) is 0 Å². The Morgan fingerprint density at radius 1 is 1.40 bits per heavy atom. The molecule has 0 saturated carbocycles. The molecule has 0 saturated heterocycles. The van der Waals surface area contributed by atoms with Crippen molar-refractivity contribution < 1.29 is 19.0 Å². The second-order valence-electron chi connectivity index (χ2n) is 4.15. The van der Waals surface area contributed by atoms with Gasteiger partial charge in [-0.1, -0.05) is 0 Å². The van der Waals surface area contributed by atoms with Crippen LogP contribution in [0, 0.1) is 12.7 Å². The Morgan fingerprint density at radius 2 is 2.15 bits per heavy atom. The predicted octanol–water partition coefficient (Wildman–Crippen LogP) is 2.98. The van der Waals surface area contributed by atoms with Crippen LogP contribution in [0.5, 0.6) is 5.75 Å². The molecule has 0 unspecified atom stereocenters. The number of halogens is 1. The average Bonchev–Trinajstić information content (AvgIpc) is 2.40. The van der Waals surface area contributed by atoms with Crippen molar-refractivity contribution >= 4 is 17.3 Å². The summed E-state index contributed by atoms with van der Waals surface area (Å²) in [5.74, 6) is -1.49. The van der Waals surface area contributed by atoms with Crippen LogP contribution in [0.25, 0.3) is 0 Å². The van der Waals surface area contributed by atoms with Gasteiger partial charge in [0.2, 0.25) is 0 Å². The number of pyridine rings is 1. The fourth-order valence-corrected chi connectivity index (χ4v) is 1.73. The molecule has 2 aromatic rings. The van der Waals surface area contributed by atoms with E-state index in [-0.39, 0.29) is 11.3 Å². The number of carbonyl (C=O) groups is 1. The van der Waals surface area contributed by atoms with E-state index in [0.29, 0.717) is 17.1 Å². The Bertz CT molecular complexity index is 659. The lowest BCUT2D eigenvalue weighted by atomic mass is 10.2. The molecule has 1 heterocycles. The number of benzene rings is 1. The molecule has 104 valence electrons. The molecule has 0 aliphatic carbocycles. The van der Waals surface area contributed by atoms with Crippen LogP contribution < -0.4 is 10.1 Å². The van der Waals surface area contributed by atoms with E-state index in [2.05, 4.69) is 10.3 Å². The molecule has 1 aromatic carbocycles. The molecule has 0 fully saturated rings. The van der Waals surface area contributed by atoms with Crippen LogP contribution in [0.1, 0.15) is 16.1 Å². The van der Waals surface area contributed by atoms with Crippen LogP contribution in [0.3, 0.4) is 0 Å². The summed E-state index contributed by atoms with van der Waals surface area (Å²) >= 11 is 0. The minimum Gasteiger partial charge on any atom is -0.494 e. The van der Waals surface area contributed by atoms with Crippen LogP contribution >= 0.6 is 0 Å². The Labute approximate surface area is 115 Å². The largest absolute Gasteiger partial charge is 0.494 e. The monoisotopic (exact) mass is 276 g/mol. The lowest BCUT2D eigenvalue weighted by Gasteiger charge is -2.11. The van der Waals surface area contributed by atoms with Gasteiger partial charge in [-0.25, -0.2) is 9.18 Å². The number of carboxylic acid groups (broad SMARTS) is 1. The topological polar surface area (TPSA) is 71.5 Å². The minimum absolute atomic E-state index is 0.0406. The van der Waals surface area contributed by atoms with Gasteiger partial charge in [0.05, 0.1) is 12.8 Å². The highest BCUT2D eigenvalue weighted by atomic mass is 19.1. The lowest BCUT2D eigenvalue weighted by Crippen LogP contribution is -2.04. The van der Waals surface area contributed by atoms with E-state index in [9.17, 15) is 9.18 Å². The Hall–Kier alpha value is -2.63. The molecule has 0 radical (unpaired) electrons. The number of anilines is 2. The number of aromatic carboxylic acids is 1. The van der Waals surface area contributed by atoms with Gasteiger partial charge < -0.3 is 15.2 Å². The van der Waals surface area contributed by atoms with Gasteiger partial charge in [-0.3, -0.25) is 4.98 Å². The van der Waals surface area contributed by atoms with Crippen LogP contribution in [-0.4, -0.2) is 23.2 Å². The summed E-state index contributed by atoms with van der Waals surface area (Å²) in [7, 11) is 1.36. The van der Waals surface area contributed by atoms with E-state index in [0.717, 1.165) is 0 Å². The SMILES string of the molecule is COc1cc(Nc2cc(C)ncc2C(=O)O)ccc1F. The smallest absolute Gasteiger partial charge is 0.339 e. The highest BCUT2D eigenvalue weighted by molar-refractivity contribution is 5.94. The molecular formula is C14H13FN2O3. The lowest BCUT2D eigenvalue weighted by molar-refractivity contribution is 0.0697. The summed E-state index contributed by atoms with van der Waals surface area (Å²) in [5, 5.41) is 12.0. The van der Waals surface area contributed by atoms with Gasteiger partial charge in [0, 0.05) is 23.6 Å². The Balaban J connectivity index is 2.39. The van der Waals surface area contributed by atoms with Gasteiger partial charge in [0.25, 0.3) is 0 Å². The first-order valence-electron chi connectivity index (χ1n) is 5.81. The predicted molar refractivity (Wildman–Crippen MR) is 72.2 cm³/mol. The molecule has 2 rings (SSSR count). The van der Waals surface area contributed by atoms with Crippen molar-refractivity contribution in [3.63, 3.8) is 0 Å². The highest BCUT2D eigenvalue weighted by Crippen LogP contribution is 2.26. The fourth-order valence-electron chi connectivity index (χ4n) is 1.73. The van der Waals surface area contributed by atoms with Crippen molar-refractivity contribution in [2.24, 2.45) is 0 Å². The maximum absolute atomic E-state index is 13.3. The summed E-state index contributed by atoms with van der Waals surface area (Å²) < 4.78 is 18.2. The summed E-state index contributed by atoms with van der Waals surface area (Å²) in [6, 6.07) is 5.81. The molecule has 0 bridgehead atoms. The van der Waals surface area contributed by atoms with Crippen molar-refractivity contribution in [1.82, 2.24) is 4.98 Å². The number of carboxylic acids is 1. The first-order valence-corrected chi connectivity index (χ1v) is 5.81. The van der Waals surface area contributed by atoms with Crippen molar-refractivity contribution in [2.45, 2.75) is 6.92 Å². The third kappa shape index (κ3) is 2.85. The average molecular weight is 276 g/mol. The zero-order chi connectivity index (χ0) is 14.7. The molecule has 5 nitrogen and oxygen atoms in total. The summed E-state index contributed by atoms with van der Waals surface area (Å²) in [5.41, 5.74) is 1.63. The maximum Gasteiger partial charge on any atom is 0.339 e. The number of nitrogens with one attached hydrogen (secondary N) is 1. The summed E-state index contributed by atoms with van der Waals surface area (Å²) in [6.45, 7) is 1.75. The number of ether oxygens (including phenoxy) is 1. The standard InChI is InChI=1S/C14H13FN2O3/c1-8-5-12(10(7-16-8)14(18)19)17-9-3-4-11(15)13(6-9)20-2/h3-7H,1-2H3,(H,16,17)(H,18,19). The van der Waals surface area contributed by atoms with Gasteiger partial charge in [-0.2, -0.15) is 0 Å². The summed E-state index contributed by atoms with van der Waals surface area (Å²) in [6.07, 6.45) is 1.28. The van der Waals surface area contributed by atoms with Gasteiger partial charge in [-0.05, 0) is 25.1 Å².